The number of aromatic nitrogens is 5. The smallest absolute Gasteiger partial charge is 0.275 e. The van der Waals surface area contributed by atoms with Crippen LogP contribution in [0.5, 0.6) is 0 Å². The maximum atomic E-state index is 14.2. The fourth-order valence-corrected chi connectivity index (χ4v) is 4.34. The fourth-order valence-electron chi connectivity index (χ4n) is 4.20. The Kier molecular flexibility index (Phi) is 6.27. The monoisotopic (exact) mass is 442 g/mol. The number of halogens is 2. The molecule has 1 amide bonds. The van der Waals surface area contributed by atoms with Crippen molar-refractivity contribution in [2.75, 3.05) is 6.54 Å². The van der Waals surface area contributed by atoms with Crippen LogP contribution in [-0.2, 0) is 6.42 Å². The molecule has 1 aliphatic rings. The van der Waals surface area contributed by atoms with Crippen LogP contribution < -0.4 is 0 Å². The van der Waals surface area contributed by atoms with E-state index in [9.17, 15) is 9.18 Å². The van der Waals surface area contributed by atoms with Crippen LogP contribution in [0.15, 0.2) is 36.8 Å². The highest BCUT2D eigenvalue weighted by Gasteiger charge is 2.34. The Morgan fingerprint density at radius 1 is 1.29 bits per heavy atom. The fraction of sp³-hybridized carbons (Fsp3) is 0.409. The maximum Gasteiger partial charge on any atom is 0.275 e. The summed E-state index contributed by atoms with van der Waals surface area (Å²) < 4.78 is 14.2. The Bertz CT molecular complexity index is 1070. The predicted molar refractivity (Wildman–Crippen MR) is 115 cm³/mol. The van der Waals surface area contributed by atoms with Gasteiger partial charge in [0.1, 0.15) is 11.5 Å². The molecule has 9 heteroatoms. The lowest BCUT2D eigenvalue weighted by molar-refractivity contribution is 0.0492. The van der Waals surface area contributed by atoms with Crippen molar-refractivity contribution in [1.82, 2.24) is 29.9 Å². The molecular weight excluding hydrogens is 419 g/mol. The normalized spacial score (nSPS) is 18.9. The van der Waals surface area contributed by atoms with E-state index in [0.717, 1.165) is 18.5 Å². The topological polar surface area (TPSA) is 76.8 Å². The molecule has 31 heavy (non-hydrogen) atoms. The maximum absolute atomic E-state index is 14.2. The average Bonchev–Trinajstić information content (AvgIpc) is 3.28. The third kappa shape index (κ3) is 4.58. The van der Waals surface area contributed by atoms with E-state index in [1.54, 1.807) is 12.4 Å². The van der Waals surface area contributed by atoms with Crippen molar-refractivity contribution < 1.29 is 9.18 Å². The molecule has 0 aliphatic carbocycles. The van der Waals surface area contributed by atoms with Gasteiger partial charge in [0.15, 0.2) is 5.69 Å². The molecule has 0 bridgehead atoms. The molecule has 3 aromatic rings. The lowest BCUT2D eigenvalue weighted by Gasteiger charge is -2.40. The molecule has 0 unspecified atom stereocenters. The summed E-state index contributed by atoms with van der Waals surface area (Å²) in [6.07, 6.45) is 7.54. The molecule has 162 valence electrons. The van der Waals surface area contributed by atoms with Gasteiger partial charge in [0.25, 0.3) is 5.91 Å². The molecule has 0 saturated carbocycles. The summed E-state index contributed by atoms with van der Waals surface area (Å²) in [5.74, 6) is -0.289. The van der Waals surface area contributed by atoms with E-state index in [1.165, 1.54) is 17.1 Å². The van der Waals surface area contributed by atoms with Crippen molar-refractivity contribution in [1.29, 1.82) is 0 Å². The molecule has 0 N–H and O–H groups in total. The van der Waals surface area contributed by atoms with Crippen molar-refractivity contribution >= 4 is 17.5 Å². The Hall–Kier alpha value is -2.87. The van der Waals surface area contributed by atoms with Gasteiger partial charge < -0.3 is 4.90 Å². The SMILES string of the molecule is Cc1ccc(-n2nccn2)c(C(=O)N2CCC[C@@H](C)[C@H]2CCc2ncc(Cl)cc2F)n1. The van der Waals surface area contributed by atoms with E-state index in [4.69, 9.17) is 11.6 Å². The average molecular weight is 443 g/mol. The quantitative estimate of drug-likeness (QED) is 0.596. The Morgan fingerprint density at radius 3 is 2.81 bits per heavy atom. The molecule has 1 aliphatic heterocycles. The van der Waals surface area contributed by atoms with E-state index in [1.807, 2.05) is 24.0 Å². The van der Waals surface area contributed by atoms with Crippen molar-refractivity contribution in [3.05, 3.63) is 64.7 Å². The van der Waals surface area contributed by atoms with Crippen LogP contribution >= 0.6 is 11.6 Å². The van der Waals surface area contributed by atoms with Crippen LogP contribution in [0.2, 0.25) is 5.02 Å². The van der Waals surface area contributed by atoms with Gasteiger partial charge in [-0.25, -0.2) is 9.37 Å². The lowest BCUT2D eigenvalue weighted by Crippen LogP contribution is -2.48. The molecule has 1 saturated heterocycles. The van der Waals surface area contributed by atoms with Gasteiger partial charge in [-0.15, -0.1) is 4.80 Å². The number of nitrogens with zero attached hydrogens (tertiary/aromatic N) is 6. The lowest BCUT2D eigenvalue weighted by atomic mass is 9.87. The number of likely N-dealkylation sites (tertiary alicyclic amines) is 1. The highest BCUT2D eigenvalue weighted by atomic mass is 35.5. The van der Waals surface area contributed by atoms with Gasteiger partial charge >= 0.3 is 0 Å². The summed E-state index contributed by atoms with van der Waals surface area (Å²) in [6.45, 7) is 4.61. The van der Waals surface area contributed by atoms with E-state index in [0.29, 0.717) is 36.5 Å². The van der Waals surface area contributed by atoms with Crippen LogP contribution in [0.1, 0.15) is 48.1 Å². The van der Waals surface area contributed by atoms with Gasteiger partial charge in [0, 0.05) is 24.5 Å². The second-order valence-corrected chi connectivity index (χ2v) is 8.38. The summed E-state index contributed by atoms with van der Waals surface area (Å²) in [5.41, 5.74) is 1.98. The molecule has 1 fully saturated rings. The molecule has 2 atom stereocenters. The first kappa shape index (κ1) is 21.4. The van der Waals surface area contributed by atoms with Crippen LogP contribution in [0.4, 0.5) is 4.39 Å². The van der Waals surface area contributed by atoms with E-state index < -0.39 is 5.82 Å². The number of amides is 1. The molecule has 0 spiro atoms. The minimum Gasteiger partial charge on any atom is -0.334 e. The van der Waals surface area contributed by atoms with Gasteiger partial charge in [-0.05, 0) is 56.7 Å². The second-order valence-electron chi connectivity index (χ2n) is 7.95. The molecule has 3 aromatic heterocycles. The van der Waals surface area contributed by atoms with Crippen molar-refractivity contribution in [2.24, 2.45) is 5.92 Å². The van der Waals surface area contributed by atoms with Crippen LogP contribution in [0.25, 0.3) is 5.69 Å². The number of hydrogen-bond acceptors (Lipinski definition) is 5. The van der Waals surface area contributed by atoms with Crippen LogP contribution in [0, 0.1) is 18.7 Å². The third-order valence-electron chi connectivity index (χ3n) is 5.79. The van der Waals surface area contributed by atoms with Gasteiger partial charge in [0.05, 0.1) is 23.1 Å². The predicted octanol–water partition coefficient (Wildman–Crippen LogP) is 4.03. The summed E-state index contributed by atoms with van der Waals surface area (Å²) >= 11 is 5.82. The largest absolute Gasteiger partial charge is 0.334 e. The van der Waals surface area contributed by atoms with Gasteiger partial charge in [0.2, 0.25) is 0 Å². The van der Waals surface area contributed by atoms with Gasteiger partial charge in [-0.1, -0.05) is 18.5 Å². The minimum absolute atomic E-state index is 0.0427. The first-order valence-electron chi connectivity index (χ1n) is 10.4. The Labute approximate surface area is 185 Å². The van der Waals surface area contributed by atoms with Gasteiger partial charge in [-0.2, -0.15) is 10.2 Å². The zero-order valence-electron chi connectivity index (χ0n) is 17.5. The number of rotatable bonds is 5. The molecule has 4 heterocycles. The van der Waals surface area contributed by atoms with Crippen molar-refractivity contribution in [3.63, 3.8) is 0 Å². The molecule has 4 rings (SSSR count). The Balaban J connectivity index is 1.61. The summed E-state index contributed by atoms with van der Waals surface area (Å²) in [7, 11) is 0. The molecule has 7 nitrogen and oxygen atoms in total. The highest BCUT2D eigenvalue weighted by Crippen LogP contribution is 2.29. The summed E-state index contributed by atoms with van der Waals surface area (Å²) in [6, 6.07) is 4.88. The summed E-state index contributed by atoms with van der Waals surface area (Å²) in [5, 5.41) is 8.60. The van der Waals surface area contributed by atoms with Crippen molar-refractivity contribution in [2.45, 2.75) is 45.6 Å². The van der Waals surface area contributed by atoms with E-state index in [-0.39, 0.29) is 22.9 Å². The number of carbonyl (C=O) groups is 1. The minimum atomic E-state index is -0.416. The molecule has 0 radical (unpaired) electrons. The second kappa shape index (κ2) is 9.09. The van der Waals surface area contributed by atoms with Crippen LogP contribution in [-0.4, -0.2) is 48.4 Å². The number of hydrogen-bond donors (Lipinski definition) is 0. The summed E-state index contributed by atoms with van der Waals surface area (Å²) in [4.78, 5) is 25.6. The van der Waals surface area contributed by atoms with Crippen LogP contribution in [0.3, 0.4) is 0 Å². The number of carbonyl (C=O) groups excluding carboxylic acids is 1. The zero-order valence-corrected chi connectivity index (χ0v) is 18.3. The molecule has 0 aromatic carbocycles. The number of aryl methyl sites for hydroxylation is 2. The zero-order chi connectivity index (χ0) is 22.0. The number of pyridine rings is 2. The Morgan fingerprint density at radius 2 is 2.06 bits per heavy atom. The standard InChI is InChI=1S/C22H24ClFN6O/c1-14-4-3-11-29(19(14)8-6-18-17(24)12-16(23)13-25-18)22(31)21-20(7-5-15(2)28-21)30-26-9-10-27-30/h5,7,9-10,12-14,19H,3-4,6,8,11H2,1-2H3/t14-,19-/m1/s1. The van der Waals surface area contributed by atoms with Crippen molar-refractivity contribution in [3.8, 4) is 5.69 Å². The first-order chi connectivity index (χ1) is 14.9. The number of piperidine rings is 1. The molecular formula is C22H24ClFN6O. The van der Waals surface area contributed by atoms with Gasteiger partial charge in [-0.3, -0.25) is 9.78 Å². The van der Waals surface area contributed by atoms with E-state index in [2.05, 4.69) is 27.1 Å². The third-order valence-corrected chi connectivity index (χ3v) is 5.99. The van der Waals surface area contributed by atoms with E-state index >= 15 is 0 Å². The first-order valence-corrected chi connectivity index (χ1v) is 10.8. The highest BCUT2D eigenvalue weighted by molar-refractivity contribution is 6.30.